The number of hydrogen-bond donors (Lipinski definition) is 0. The molecule has 74 valence electrons. The van der Waals surface area contributed by atoms with Crippen LogP contribution < -0.4 is 4.74 Å². The number of ether oxygens (including phenoxy) is 2. The molecule has 0 aromatic heterocycles. The lowest BCUT2D eigenvalue weighted by atomic mass is 9.88. The normalized spacial score (nSPS) is 30.0. The van der Waals surface area contributed by atoms with E-state index in [1.807, 2.05) is 12.1 Å². The van der Waals surface area contributed by atoms with Crippen LogP contribution in [-0.2, 0) is 4.74 Å². The van der Waals surface area contributed by atoms with Crippen molar-refractivity contribution in [1.29, 1.82) is 0 Å². The predicted molar refractivity (Wildman–Crippen MR) is 53.4 cm³/mol. The molecule has 2 atom stereocenters. The Balaban J connectivity index is 1.99. The van der Waals surface area contributed by atoms with Crippen LogP contribution >= 0.6 is 0 Å². The van der Waals surface area contributed by atoms with Gasteiger partial charge in [0.05, 0.1) is 12.7 Å². The molecular formula is C12H14O2. The molecule has 0 radical (unpaired) electrons. The van der Waals surface area contributed by atoms with E-state index in [1.165, 1.54) is 18.4 Å². The maximum Gasteiger partial charge on any atom is 0.125 e. The lowest BCUT2D eigenvalue weighted by molar-refractivity contribution is -0.0553. The average Bonchev–Trinajstić information content (AvgIpc) is 2.29. The molecule has 2 heteroatoms. The summed E-state index contributed by atoms with van der Waals surface area (Å²) in [6, 6.07) is 8.23. The highest BCUT2D eigenvalue weighted by atomic mass is 16.5. The van der Waals surface area contributed by atoms with Crippen LogP contribution in [0.5, 0.6) is 5.75 Å². The van der Waals surface area contributed by atoms with Crippen LogP contribution in [-0.4, -0.2) is 13.2 Å². The van der Waals surface area contributed by atoms with Gasteiger partial charge in [-0.3, -0.25) is 0 Å². The minimum Gasteiger partial charge on any atom is -0.493 e. The zero-order chi connectivity index (χ0) is 9.38. The third-order valence-corrected chi connectivity index (χ3v) is 3.12. The first-order chi connectivity index (χ1) is 6.95. The maximum atomic E-state index is 5.83. The van der Waals surface area contributed by atoms with Gasteiger partial charge in [0.15, 0.2) is 0 Å². The van der Waals surface area contributed by atoms with E-state index in [0.717, 1.165) is 19.0 Å². The molecule has 2 nitrogen and oxygen atoms in total. The molecule has 0 amide bonds. The maximum absolute atomic E-state index is 5.83. The molecule has 2 aliphatic heterocycles. The molecule has 2 heterocycles. The third kappa shape index (κ3) is 1.22. The fourth-order valence-electron chi connectivity index (χ4n) is 2.40. The van der Waals surface area contributed by atoms with Crippen molar-refractivity contribution in [3.05, 3.63) is 29.8 Å². The van der Waals surface area contributed by atoms with Crippen molar-refractivity contribution < 1.29 is 9.47 Å². The summed E-state index contributed by atoms with van der Waals surface area (Å²) in [6.07, 6.45) is 2.69. The molecule has 0 saturated carbocycles. The van der Waals surface area contributed by atoms with E-state index in [9.17, 15) is 0 Å². The average molecular weight is 190 g/mol. The number of rotatable bonds is 0. The Hall–Kier alpha value is -1.02. The summed E-state index contributed by atoms with van der Waals surface area (Å²) in [4.78, 5) is 0. The predicted octanol–water partition coefficient (Wildman–Crippen LogP) is 2.55. The second-order valence-electron chi connectivity index (χ2n) is 4.04. The van der Waals surface area contributed by atoms with Crippen LogP contribution in [0.4, 0.5) is 0 Å². The van der Waals surface area contributed by atoms with Crippen molar-refractivity contribution in [1.82, 2.24) is 0 Å². The number of para-hydroxylation sites is 1. The van der Waals surface area contributed by atoms with Crippen molar-refractivity contribution in [3.8, 4) is 5.75 Å². The quantitative estimate of drug-likeness (QED) is 0.626. The number of fused-ring (bicyclic) bond motifs is 3. The van der Waals surface area contributed by atoms with E-state index in [0.29, 0.717) is 5.92 Å². The topological polar surface area (TPSA) is 18.5 Å². The molecular weight excluding hydrogens is 176 g/mol. The Labute approximate surface area is 83.8 Å². The fraction of sp³-hybridized carbons (Fsp3) is 0.500. The van der Waals surface area contributed by atoms with Gasteiger partial charge >= 0.3 is 0 Å². The largest absolute Gasteiger partial charge is 0.493 e. The smallest absolute Gasteiger partial charge is 0.125 e. The van der Waals surface area contributed by atoms with E-state index >= 15 is 0 Å². The second kappa shape index (κ2) is 3.28. The van der Waals surface area contributed by atoms with E-state index < -0.39 is 0 Å². The first-order valence-electron chi connectivity index (χ1n) is 5.28. The summed E-state index contributed by atoms with van der Waals surface area (Å²) < 4.78 is 11.5. The first-order valence-corrected chi connectivity index (χ1v) is 5.28. The van der Waals surface area contributed by atoms with Crippen molar-refractivity contribution in [3.63, 3.8) is 0 Å². The molecule has 2 aliphatic rings. The summed E-state index contributed by atoms with van der Waals surface area (Å²) >= 11 is 0. The molecule has 3 rings (SSSR count). The SMILES string of the molecule is c1ccc2c(c1)OC[C@H]1CCCOC21. The van der Waals surface area contributed by atoms with Gasteiger partial charge in [0.2, 0.25) is 0 Å². The van der Waals surface area contributed by atoms with Crippen LogP contribution in [0, 0.1) is 5.92 Å². The van der Waals surface area contributed by atoms with Gasteiger partial charge in [-0.1, -0.05) is 18.2 Å². The highest BCUT2D eigenvalue weighted by molar-refractivity contribution is 5.37. The minimum absolute atomic E-state index is 0.286. The summed E-state index contributed by atoms with van der Waals surface area (Å²) in [5.41, 5.74) is 1.24. The molecule has 0 aliphatic carbocycles. The van der Waals surface area contributed by atoms with Crippen molar-refractivity contribution in [2.75, 3.05) is 13.2 Å². The Morgan fingerprint density at radius 2 is 2.14 bits per heavy atom. The van der Waals surface area contributed by atoms with Gasteiger partial charge in [0.1, 0.15) is 5.75 Å². The Bertz CT molecular complexity index is 335. The highest BCUT2D eigenvalue weighted by Crippen LogP contribution is 2.41. The molecule has 1 fully saturated rings. The van der Waals surface area contributed by atoms with Gasteiger partial charge in [0.25, 0.3) is 0 Å². The Morgan fingerprint density at radius 3 is 3.14 bits per heavy atom. The fourth-order valence-corrected chi connectivity index (χ4v) is 2.40. The van der Waals surface area contributed by atoms with Crippen molar-refractivity contribution >= 4 is 0 Å². The lowest BCUT2D eigenvalue weighted by Crippen LogP contribution is -2.31. The molecule has 1 unspecified atom stereocenters. The molecule has 1 aromatic rings. The van der Waals surface area contributed by atoms with E-state index in [2.05, 4.69) is 12.1 Å². The van der Waals surface area contributed by atoms with Crippen molar-refractivity contribution in [2.24, 2.45) is 5.92 Å². The van der Waals surface area contributed by atoms with Gasteiger partial charge in [-0.05, 0) is 18.9 Å². The summed E-state index contributed by atoms with van der Waals surface area (Å²) in [7, 11) is 0. The van der Waals surface area contributed by atoms with Gasteiger partial charge < -0.3 is 9.47 Å². The zero-order valence-corrected chi connectivity index (χ0v) is 8.11. The van der Waals surface area contributed by atoms with Crippen molar-refractivity contribution in [2.45, 2.75) is 18.9 Å². The second-order valence-corrected chi connectivity index (χ2v) is 4.04. The summed E-state index contributed by atoms with van der Waals surface area (Å²) in [5.74, 6) is 1.58. The van der Waals surface area contributed by atoms with Crippen LogP contribution in [0.1, 0.15) is 24.5 Å². The molecule has 14 heavy (non-hydrogen) atoms. The lowest BCUT2D eigenvalue weighted by Gasteiger charge is -2.36. The summed E-state index contributed by atoms with van der Waals surface area (Å²) in [6.45, 7) is 1.72. The van der Waals surface area contributed by atoms with Crippen LogP contribution in [0.25, 0.3) is 0 Å². The number of benzene rings is 1. The van der Waals surface area contributed by atoms with Gasteiger partial charge in [-0.2, -0.15) is 0 Å². The van der Waals surface area contributed by atoms with Gasteiger partial charge in [-0.25, -0.2) is 0 Å². The molecule has 0 N–H and O–H groups in total. The minimum atomic E-state index is 0.286. The van der Waals surface area contributed by atoms with Crippen LogP contribution in [0.3, 0.4) is 0 Å². The Kier molecular flexibility index (Phi) is 1.95. The van der Waals surface area contributed by atoms with E-state index in [-0.39, 0.29) is 6.10 Å². The Morgan fingerprint density at radius 1 is 1.21 bits per heavy atom. The van der Waals surface area contributed by atoms with Gasteiger partial charge in [-0.15, -0.1) is 0 Å². The van der Waals surface area contributed by atoms with E-state index in [1.54, 1.807) is 0 Å². The zero-order valence-electron chi connectivity index (χ0n) is 8.11. The first kappa shape index (κ1) is 8.30. The molecule has 1 saturated heterocycles. The third-order valence-electron chi connectivity index (χ3n) is 3.12. The van der Waals surface area contributed by atoms with Crippen LogP contribution in [0.15, 0.2) is 24.3 Å². The molecule has 0 bridgehead atoms. The van der Waals surface area contributed by atoms with E-state index in [4.69, 9.17) is 9.47 Å². The standard InChI is InChI=1S/C12H14O2/c1-2-6-11-10(5-1)12-9(8-14-11)4-3-7-13-12/h1-2,5-6,9,12H,3-4,7-8H2/t9-,12?/m1/s1. The number of hydrogen-bond acceptors (Lipinski definition) is 2. The van der Waals surface area contributed by atoms with Gasteiger partial charge in [0, 0.05) is 18.1 Å². The summed E-state index contributed by atoms with van der Waals surface area (Å²) in [5, 5.41) is 0. The van der Waals surface area contributed by atoms with Crippen LogP contribution in [0.2, 0.25) is 0 Å². The molecule has 1 aromatic carbocycles. The monoisotopic (exact) mass is 190 g/mol. The highest BCUT2D eigenvalue weighted by Gasteiger charge is 2.33. The molecule has 0 spiro atoms.